The largest absolute Gasteiger partial charge is 0.496 e. The minimum atomic E-state index is -3.45. The molecule has 0 saturated heterocycles. The molecule has 0 fully saturated rings. The molecule has 13 heavy (non-hydrogen) atoms. The van der Waals surface area contributed by atoms with Gasteiger partial charge in [-0.25, -0.2) is 0 Å². The lowest BCUT2D eigenvalue weighted by Gasteiger charge is -2.17. The summed E-state index contributed by atoms with van der Waals surface area (Å²) in [5.41, 5.74) is 0. The van der Waals surface area contributed by atoms with E-state index < -0.39 is 25.1 Å². The van der Waals surface area contributed by atoms with Crippen LogP contribution < -0.4 is 0 Å². The predicted molar refractivity (Wildman–Crippen MR) is 38.4 cm³/mol. The number of rotatable bonds is 6. The van der Waals surface area contributed by atoms with E-state index in [-0.39, 0.29) is 7.69 Å². The van der Waals surface area contributed by atoms with E-state index in [1.807, 2.05) is 0 Å². The third-order valence-electron chi connectivity index (χ3n) is 1.26. The predicted octanol–water partition coefficient (Wildman–Crippen LogP) is 2.56. The average Bonchev–Trinajstić information content (AvgIpc) is 2.04. The van der Waals surface area contributed by atoms with Gasteiger partial charge in [0.05, 0.1) is 0 Å². The van der Waals surface area contributed by atoms with Crippen molar-refractivity contribution in [1.29, 1.82) is 0 Å². The highest BCUT2D eigenvalue weighted by Gasteiger charge is 2.33. The van der Waals surface area contributed by atoms with Gasteiger partial charge in [-0.2, -0.15) is 17.6 Å². The minimum Gasteiger partial charge on any atom is -0.355 e. The smallest absolute Gasteiger partial charge is 0.355 e. The zero-order valence-corrected chi connectivity index (χ0v) is 7.32. The van der Waals surface area contributed by atoms with Gasteiger partial charge in [0.2, 0.25) is 0 Å². The average molecular weight is 201 g/mol. The summed E-state index contributed by atoms with van der Waals surface area (Å²) in [5.74, 6) is 0. The first-order valence-corrected chi connectivity index (χ1v) is 3.76. The third kappa shape index (κ3) is 5.87. The fourth-order valence-electron chi connectivity index (χ4n) is 0.332. The summed E-state index contributed by atoms with van der Waals surface area (Å²) in [4.78, 5) is 0. The normalized spacial score (nSPS) is 13.1. The third-order valence-corrected chi connectivity index (χ3v) is 1.26. The molecule has 0 heterocycles. The van der Waals surface area contributed by atoms with Crippen LogP contribution in [-0.4, -0.2) is 19.9 Å². The van der Waals surface area contributed by atoms with Gasteiger partial charge < -0.3 is 9.31 Å². The van der Waals surface area contributed by atoms with Crippen LogP contribution >= 0.6 is 0 Å². The Morgan fingerprint density at radius 2 is 1.23 bits per heavy atom. The van der Waals surface area contributed by atoms with Crippen LogP contribution in [0.4, 0.5) is 17.6 Å². The summed E-state index contributed by atoms with van der Waals surface area (Å²) in [7, 11) is -0.0208. The maximum atomic E-state index is 12.3. The fourth-order valence-corrected chi connectivity index (χ4v) is 0.332. The van der Waals surface area contributed by atoms with Gasteiger partial charge in [0.15, 0.2) is 0 Å². The van der Waals surface area contributed by atoms with E-state index in [9.17, 15) is 17.6 Å². The van der Waals surface area contributed by atoms with Crippen molar-refractivity contribution in [2.24, 2.45) is 0 Å². The molecule has 0 N–H and O–H groups in total. The Kier molecular flexibility index (Phi) is 4.70. The van der Waals surface area contributed by atoms with E-state index in [1.165, 1.54) is 0 Å². The molecular formula is C6H10BF4O2. The number of hydrogen-bond acceptors (Lipinski definition) is 2. The summed E-state index contributed by atoms with van der Waals surface area (Å²) in [6, 6.07) is 0. The standard InChI is InChI=1S/C6H10BF4O2/c1-3-5(8,9)12-7-13-6(10,11)4-2/h3-4H2,1-2H3. The topological polar surface area (TPSA) is 18.5 Å². The fraction of sp³-hybridized carbons (Fsp3) is 1.00. The maximum absolute atomic E-state index is 12.3. The van der Waals surface area contributed by atoms with E-state index in [0.717, 1.165) is 13.8 Å². The van der Waals surface area contributed by atoms with Crippen molar-refractivity contribution in [3.05, 3.63) is 0 Å². The molecule has 2 nitrogen and oxygen atoms in total. The lowest BCUT2D eigenvalue weighted by atomic mass is 10.3. The van der Waals surface area contributed by atoms with Gasteiger partial charge in [-0.1, -0.05) is 13.8 Å². The molecule has 7 heteroatoms. The van der Waals surface area contributed by atoms with Gasteiger partial charge in [-0.05, 0) is 0 Å². The summed E-state index contributed by atoms with van der Waals surface area (Å²) >= 11 is 0. The zero-order chi connectivity index (χ0) is 10.5. The molecule has 0 rings (SSSR count). The van der Waals surface area contributed by atoms with E-state index in [2.05, 4.69) is 9.31 Å². The van der Waals surface area contributed by atoms with E-state index in [1.54, 1.807) is 0 Å². The van der Waals surface area contributed by atoms with Crippen LogP contribution in [0.5, 0.6) is 0 Å². The van der Waals surface area contributed by atoms with Gasteiger partial charge in [0, 0.05) is 12.8 Å². The first kappa shape index (κ1) is 12.7. The Hall–Kier alpha value is -0.295. The van der Waals surface area contributed by atoms with Gasteiger partial charge in [0.1, 0.15) is 0 Å². The van der Waals surface area contributed by atoms with E-state index >= 15 is 0 Å². The molecule has 0 aromatic heterocycles. The summed E-state index contributed by atoms with van der Waals surface area (Å²) in [6.07, 6.45) is -8.12. The number of alkyl halides is 4. The van der Waals surface area contributed by atoms with Gasteiger partial charge in [-0.3, -0.25) is 0 Å². The molecule has 0 unspecified atom stereocenters. The molecule has 0 aliphatic rings. The number of halogens is 4. The first-order valence-electron chi connectivity index (χ1n) is 3.76. The van der Waals surface area contributed by atoms with Crippen LogP contribution in [0.3, 0.4) is 0 Å². The second kappa shape index (κ2) is 4.81. The van der Waals surface area contributed by atoms with Crippen molar-refractivity contribution in [3.63, 3.8) is 0 Å². The van der Waals surface area contributed by atoms with Crippen molar-refractivity contribution < 1.29 is 26.9 Å². The SMILES string of the molecule is CCC(F)(F)O[B]OC(F)(F)CC. The Morgan fingerprint density at radius 1 is 0.923 bits per heavy atom. The lowest BCUT2D eigenvalue weighted by Crippen LogP contribution is -2.29. The Morgan fingerprint density at radius 3 is 1.46 bits per heavy atom. The maximum Gasteiger partial charge on any atom is 0.496 e. The molecule has 0 spiro atoms. The quantitative estimate of drug-likeness (QED) is 0.485. The second-order valence-electron chi connectivity index (χ2n) is 2.31. The molecule has 0 aromatic carbocycles. The van der Waals surface area contributed by atoms with Crippen molar-refractivity contribution in [2.75, 3.05) is 0 Å². The summed E-state index contributed by atoms with van der Waals surface area (Å²) in [5, 5.41) is 0. The van der Waals surface area contributed by atoms with Crippen LogP contribution in [0, 0.1) is 0 Å². The molecule has 0 bridgehead atoms. The van der Waals surface area contributed by atoms with E-state index in [4.69, 9.17) is 0 Å². The van der Waals surface area contributed by atoms with Crippen LogP contribution in [-0.2, 0) is 9.31 Å². The van der Waals surface area contributed by atoms with Gasteiger partial charge in [0.25, 0.3) is 0 Å². The minimum absolute atomic E-state index is 0.0208. The highest BCUT2D eigenvalue weighted by Crippen LogP contribution is 2.22. The summed E-state index contributed by atoms with van der Waals surface area (Å²) < 4.78 is 56.3. The van der Waals surface area contributed by atoms with Crippen LogP contribution in [0.1, 0.15) is 26.7 Å². The van der Waals surface area contributed by atoms with Gasteiger partial charge >= 0.3 is 19.9 Å². The molecule has 0 aromatic rings. The zero-order valence-electron chi connectivity index (χ0n) is 7.32. The molecular weight excluding hydrogens is 191 g/mol. The van der Waals surface area contributed by atoms with Crippen LogP contribution in [0.2, 0.25) is 0 Å². The van der Waals surface area contributed by atoms with Crippen molar-refractivity contribution in [2.45, 2.75) is 38.9 Å². The Labute approximate surface area is 74.5 Å². The van der Waals surface area contributed by atoms with Crippen molar-refractivity contribution in [1.82, 2.24) is 0 Å². The first-order chi connectivity index (χ1) is 5.83. The van der Waals surface area contributed by atoms with Crippen LogP contribution in [0.25, 0.3) is 0 Å². The van der Waals surface area contributed by atoms with Crippen LogP contribution in [0.15, 0.2) is 0 Å². The monoisotopic (exact) mass is 201 g/mol. The molecule has 77 valence electrons. The molecule has 0 amide bonds. The number of hydrogen-bond donors (Lipinski definition) is 0. The van der Waals surface area contributed by atoms with Gasteiger partial charge in [-0.15, -0.1) is 0 Å². The Balaban J connectivity index is 3.68. The van der Waals surface area contributed by atoms with Crippen molar-refractivity contribution >= 4 is 7.69 Å². The Bertz CT molecular complexity index is 138. The van der Waals surface area contributed by atoms with E-state index in [0.29, 0.717) is 0 Å². The molecule has 0 saturated carbocycles. The lowest BCUT2D eigenvalue weighted by molar-refractivity contribution is -0.220. The molecule has 0 aliphatic carbocycles. The second-order valence-corrected chi connectivity index (χ2v) is 2.31. The highest BCUT2D eigenvalue weighted by molar-refractivity contribution is 6.18. The molecule has 1 radical (unpaired) electrons. The molecule has 0 atom stereocenters. The summed E-state index contributed by atoms with van der Waals surface area (Å²) in [6.45, 7) is 2.32. The molecule has 0 aliphatic heterocycles. The van der Waals surface area contributed by atoms with Crippen molar-refractivity contribution in [3.8, 4) is 0 Å². The highest BCUT2D eigenvalue weighted by atomic mass is 19.3.